The Labute approximate surface area is 269 Å². The van der Waals surface area contributed by atoms with Gasteiger partial charge in [0.05, 0.1) is 42.6 Å². The molecule has 0 radical (unpaired) electrons. The molecule has 5 amide bonds. The van der Waals surface area contributed by atoms with E-state index in [9.17, 15) is 24.0 Å². The standard InChI is InChI=1S/C33H45N5O8/c1-33(2,3)46-32(43)37-16-17-44-24(20-37)19-35-12-8-22(9-13-35)45-23-10-14-36(15-11-23)21-4-5-25-26(18-21)31(42)38(30(25)41)27-6-7-28(39)34-29(27)40/h4-5,18,22-24,27H,6-17,19-20H2,1-3H3,(H,34,39,40)/t24-,27?/m0/s1. The molecule has 0 aromatic heterocycles. The number of nitrogens with zero attached hydrogens (tertiary/aromatic N) is 4. The second-order valence-electron chi connectivity index (χ2n) is 13.9. The quantitative estimate of drug-likeness (QED) is 0.461. The van der Waals surface area contributed by atoms with Crippen molar-refractivity contribution in [1.29, 1.82) is 0 Å². The summed E-state index contributed by atoms with van der Waals surface area (Å²) in [6.45, 7) is 11.4. The van der Waals surface area contributed by atoms with Crippen LogP contribution in [0.1, 0.15) is 80.0 Å². The summed E-state index contributed by atoms with van der Waals surface area (Å²) in [6.07, 6.45) is 3.92. The molecule has 250 valence electrons. The van der Waals surface area contributed by atoms with Gasteiger partial charge >= 0.3 is 6.09 Å². The lowest BCUT2D eigenvalue weighted by atomic mass is 10.0. The molecule has 6 rings (SSSR count). The van der Waals surface area contributed by atoms with Crippen molar-refractivity contribution in [2.24, 2.45) is 0 Å². The first-order chi connectivity index (χ1) is 21.9. The van der Waals surface area contributed by atoms with Gasteiger partial charge in [-0.3, -0.25) is 29.4 Å². The number of fused-ring (bicyclic) bond motifs is 1. The highest BCUT2D eigenvalue weighted by atomic mass is 16.6. The summed E-state index contributed by atoms with van der Waals surface area (Å²) < 4.78 is 18.0. The lowest BCUT2D eigenvalue weighted by molar-refractivity contribution is -0.136. The van der Waals surface area contributed by atoms with Crippen LogP contribution >= 0.6 is 0 Å². The number of ether oxygens (including phenoxy) is 3. The van der Waals surface area contributed by atoms with Gasteiger partial charge in [-0.05, 0) is 71.1 Å². The van der Waals surface area contributed by atoms with Crippen LogP contribution in [-0.2, 0) is 23.8 Å². The van der Waals surface area contributed by atoms with Crippen LogP contribution in [0.15, 0.2) is 18.2 Å². The largest absolute Gasteiger partial charge is 0.444 e. The molecule has 4 saturated heterocycles. The average molecular weight is 640 g/mol. The van der Waals surface area contributed by atoms with Gasteiger partial charge < -0.3 is 28.9 Å². The van der Waals surface area contributed by atoms with E-state index in [4.69, 9.17) is 14.2 Å². The van der Waals surface area contributed by atoms with Crippen LogP contribution in [0.2, 0.25) is 0 Å². The van der Waals surface area contributed by atoms with Crippen molar-refractivity contribution in [3.05, 3.63) is 29.3 Å². The number of hydrogen-bond donors (Lipinski definition) is 1. The van der Waals surface area contributed by atoms with E-state index in [0.29, 0.717) is 30.8 Å². The lowest BCUT2D eigenvalue weighted by Gasteiger charge is -2.40. The number of carbonyl (C=O) groups excluding carboxylic acids is 5. The second-order valence-corrected chi connectivity index (χ2v) is 13.9. The molecular formula is C33H45N5O8. The molecule has 46 heavy (non-hydrogen) atoms. The Bertz CT molecular complexity index is 1360. The minimum absolute atomic E-state index is 0.0313. The average Bonchev–Trinajstić information content (AvgIpc) is 3.26. The molecule has 1 aromatic rings. The van der Waals surface area contributed by atoms with Gasteiger partial charge in [0.25, 0.3) is 11.8 Å². The van der Waals surface area contributed by atoms with Crippen molar-refractivity contribution in [2.45, 2.75) is 89.3 Å². The molecule has 1 N–H and O–H groups in total. The summed E-state index contributed by atoms with van der Waals surface area (Å²) in [5.41, 5.74) is 0.940. The number of morpholine rings is 1. The van der Waals surface area contributed by atoms with E-state index < -0.39 is 35.3 Å². The van der Waals surface area contributed by atoms with E-state index in [1.165, 1.54) is 0 Å². The Morgan fingerprint density at radius 3 is 2.26 bits per heavy atom. The molecule has 4 fully saturated rings. The highest BCUT2D eigenvalue weighted by Gasteiger charge is 2.45. The maximum atomic E-state index is 13.2. The Morgan fingerprint density at radius 1 is 0.913 bits per heavy atom. The number of amides is 5. The smallest absolute Gasteiger partial charge is 0.410 e. The zero-order valence-corrected chi connectivity index (χ0v) is 27.0. The van der Waals surface area contributed by atoms with Crippen molar-refractivity contribution < 1.29 is 38.2 Å². The third-order valence-electron chi connectivity index (χ3n) is 9.40. The van der Waals surface area contributed by atoms with Crippen molar-refractivity contribution in [3.63, 3.8) is 0 Å². The Balaban J connectivity index is 0.943. The van der Waals surface area contributed by atoms with E-state index in [2.05, 4.69) is 15.1 Å². The van der Waals surface area contributed by atoms with E-state index in [0.717, 1.165) is 69.0 Å². The van der Waals surface area contributed by atoms with E-state index in [1.807, 2.05) is 26.8 Å². The van der Waals surface area contributed by atoms with Gasteiger partial charge in [0.2, 0.25) is 11.8 Å². The maximum Gasteiger partial charge on any atom is 0.410 e. The van der Waals surface area contributed by atoms with Crippen molar-refractivity contribution in [1.82, 2.24) is 20.0 Å². The van der Waals surface area contributed by atoms with Gasteiger partial charge in [0, 0.05) is 51.4 Å². The van der Waals surface area contributed by atoms with Crippen LogP contribution < -0.4 is 10.2 Å². The number of piperidine rings is 3. The monoisotopic (exact) mass is 639 g/mol. The van der Waals surface area contributed by atoms with Crippen LogP contribution in [0.3, 0.4) is 0 Å². The number of imide groups is 2. The molecule has 0 saturated carbocycles. The van der Waals surface area contributed by atoms with Crippen LogP contribution in [0.4, 0.5) is 10.5 Å². The summed E-state index contributed by atoms with van der Waals surface area (Å²) in [4.78, 5) is 70.0. The Morgan fingerprint density at radius 2 is 1.59 bits per heavy atom. The van der Waals surface area contributed by atoms with E-state index in [-0.39, 0.29) is 37.2 Å². The number of nitrogens with one attached hydrogen (secondary N) is 1. The fourth-order valence-electron chi connectivity index (χ4n) is 7.02. The van der Waals surface area contributed by atoms with Crippen molar-refractivity contribution >= 4 is 35.4 Å². The van der Waals surface area contributed by atoms with Gasteiger partial charge in [-0.25, -0.2) is 4.79 Å². The SMILES string of the molecule is CC(C)(C)OC(=O)N1CCO[C@@H](CN2CCC(OC3CCN(c4ccc5c(c4)C(=O)N(C4CCC(=O)NC4=O)C5=O)CC3)CC2)C1. The topological polar surface area (TPSA) is 138 Å². The first-order valence-corrected chi connectivity index (χ1v) is 16.5. The predicted molar refractivity (Wildman–Crippen MR) is 166 cm³/mol. The van der Waals surface area contributed by atoms with Gasteiger partial charge in [-0.15, -0.1) is 0 Å². The van der Waals surface area contributed by atoms with Crippen LogP contribution in [0, 0.1) is 0 Å². The second kappa shape index (κ2) is 13.3. The molecular weight excluding hydrogens is 594 g/mol. The molecule has 0 aliphatic carbocycles. The molecule has 13 nitrogen and oxygen atoms in total. The van der Waals surface area contributed by atoms with Crippen molar-refractivity contribution in [3.8, 4) is 0 Å². The summed E-state index contributed by atoms with van der Waals surface area (Å²) >= 11 is 0. The van der Waals surface area contributed by atoms with Crippen LogP contribution in [0.25, 0.3) is 0 Å². The fraction of sp³-hybridized carbons (Fsp3) is 0.667. The highest BCUT2D eigenvalue weighted by molar-refractivity contribution is 6.23. The number of anilines is 1. The maximum absolute atomic E-state index is 13.2. The molecule has 5 heterocycles. The van der Waals surface area contributed by atoms with Crippen molar-refractivity contribution in [2.75, 3.05) is 57.3 Å². The molecule has 0 bridgehead atoms. The highest BCUT2D eigenvalue weighted by Crippen LogP contribution is 2.32. The van der Waals surface area contributed by atoms with E-state index in [1.54, 1.807) is 17.0 Å². The first-order valence-electron chi connectivity index (χ1n) is 16.5. The Hall–Kier alpha value is -3.55. The van der Waals surface area contributed by atoms with Gasteiger partial charge in [0.1, 0.15) is 11.6 Å². The van der Waals surface area contributed by atoms with Gasteiger partial charge in [0.15, 0.2) is 0 Å². The summed E-state index contributed by atoms with van der Waals surface area (Å²) in [6, 6.07) is 4.31. The van der Waals surface area contributed by atoms with Gasteiger partial charge in [-0.2, -0.15) is 0 Å². The first kappa shape index (κ1) is 32.4. The fourth-order valence-corrected chi connectivity index (χ4v) is 7.02. The summed E-state index contributed by atoms with van der Waals surface area (Å²) in [5.74, 6) is -1.98. The number of hydrogen-bond acceptors (Lipinski definition) is 10. The molecule has 13 heteroatoms. The Kier molecular flexibility index (Phi) is 9.36. The minimum Gasteiger partial charge on any atom is -0.444 e. The molecule has 1 aromatic carbocycles. The third-order valence-corrected chi connectivity index (χ3v) is 9.40. The van der Waals surface area contributed by atoms with Gasteiger partial charge in [-0.1, -0.05) is 0 Å². The van der Waals surface area contributed by atoms with Crippen LogP contribution in [-0.4, -0.2) is 127 Å². The number of likely N-dealkylation sites (tertiary alicyclic amines) is 1. The van der Waals surface area contributed by atoms with Crippen LogP contribution in [0.5, 0.6) is 0 Å². The minimum atomic E-state index is -0.969. The number of benzene rings is 1. The molecule has 0 spiro atoms. The molecule has 5 aliphatic heterocycles. The molecule has 5 aliphatic rings. The predicted octanol–water partition coefficient (Wildman–Crippen LogP) is 2.17. The zero-order valence-electron chi connectivity index (χ0n) is 27.0. The molecule has 1 unspecified atom stereocenters. The molecule has 2 atom stereocenters. The number of rotatable bonds is 6. The zero-order chi connectivity index (χ0) is 32.6. The number of carbonyl (C=O) groups is 5. The summed E-state index contributed by atoms with van der Waals surface area (Å²) in [7, 11) is 0. The van der Waals surface area contributed by atoms with E-state index >= 15 is 0 Å². The third kappa shape index (κ3) is 7.21. The summed E-state index contributed by atoms with van der Waals surface area (Å²) in [5, 5.41) is 2.23. The normalized spacial score (nSPS) is 25.6. The lowest BCUT2D eigenvalue weighted by Crippen LogP contribution is -2.54.